The molecule has 0 radical (unpaired) electrons. The Bertz CT molecular complexity index is 471. The summed E-state index contributed by atoms with van der Waals surface area (Å²) in [5.74, 6) is 0.0475. The first-order chi connectivity index (χ1) is 8.70. The van der Waals surface area contributed by atoms with Crippen molar-refractivity contribution in [2.24, 2.45) is 5.41 Å². The zero-order chi connectivity index (χ0) is 12.6. The second-order valence-electron chi connectivity index (χ2n) is 5.24. The average molecular weight is 310 g/mol. The smallest absolute Gasteiger partial charge is 0.273 e. The van der Waals surface area contributed by atoms with Gasteiger partial charge in [-0.25, -0.2) is 4.98 Å². The maximum Gasteiger partial charge on any atom is 0.273 e. The highest BCUT2D eigenvalue weighted by atomic mass is 79.9. The minimum atomic E-state index is 0.0475. The summed E-state index contributed by atoms with van der Waals surface area (Å²) >= 11 is 3.40. The van der Waals surface area contributed by atoms with Gasteiger partial charge in [-0.15, -0.1) is 0 Å². The lowest BCUT2D eigenvalue weighted by Crippen LogP contribution is -2.33. The molecule has 1 spiro atoms. The highest BCUT2D eigenvalue weighted by molar-refractivity contribution is 9.10. The van der Waals surface area contributed by atoms with Crippen molar-refractivity contribution in [1.29, 1.82) is 0 Å². The topological polar surface area (TPSA) is 45.2 Å². The number of carbonyl (C=O) groups is 1. The van der Waals surface area contributed by atoms with Crippen molar-refractivity contribution in [2.75, 3.05) is 26.2 Å². The van der Waals surface area contributed by atoms with Gasteiger partial charge >= 0.3 is 0 Å². The minimum Gasteiger partial charge on any atom is -0.337 e. The number of carbonyl (C=O) groups excluding carboxylic acids is 1. The quantitative estimate of drug-likeness (QED) is 0.858. The number of hydrogen-bond acceptors (Lipinski definition) is 3. The molecule has 96 valence electrons. The van der Waals surface area contributed by atoms with Gasteiger partial charge in [-0.2, -0.15) is 0 Å². The van der Waals surface area contributed by atoms with E-state index in [0.717, 1.165) is 37.1 Å². The summed E-state index contributed by atoms with van der Waals surface area (Å²) in [6, 6.07) is 3.69. The van der Waals surface area contributed by atoms with Gasteiger partial charge in [0.25, 0.3) is 5.91 Å². The van der Waals surface area contributed by atoms with E-state index in [9.17, 15) is 4.79 Å². The van der Waals surface area contributed by atoms with Gasteiger partial charge in [-0.1, -0.05) is 0 Å². The van der Waals surface area contributed by atoms with Gasteiger partial charge in [0.2, 0.25) is 0 Å². The van der Waals surface area contributed by atoms with Crippen molar-refractivity contribution < 1.29 is 4.79 Å². The molecule has 2 fully saturated rings. The Labute approximate surface area is 115 Å². The van der Waals surface area contributed by atoms with E-state index in [1.54, 1.807) is 6.20 Å². The van der Waals surface area contributed by atoms with Crippen molar-refractivity contribution in [3.05, 3.63) is 28.5 Å². The van der Waals surface area contributed by atoms with Crippen LogP contribution in [0, 0.1) is 5.41 Å². The predicted molar refractivity (Wildman–Crippen MR) is 72.4 cm³/mol. The largest absolute Gasteiger partial charge is 0.337 e. The van der Waals surface area contributed by atoms with Gasteiger partial charge < -0.3 is 10.2 Å². The number of amides is 1. The van der Waals surface area contributed by atoms with Gasteiger partial charge in [0, 0.05) is 35.7 Å². The summed E-state index contributed by atoms with van der Waals surface area (Å²) in [7, 11) is 0. The number of likely N-dealkylation sites (tertiary alicyclic amines) is 1. The fraction of sp³-hybridized carbons (Fsp3) is 0.538. The molecule has 5 heteroatoms. The van der Waals surface area contributed by atoms with Crippen LogP contribution in [0.25, 0.3) is 0 Å². The third-order valence-electron chi connectivity index (χ3n) is 4.02. The molecule has 0 saturated carbocycles. The van der Waals surface area contributed by atoms with Gasteiger partial charge in [0.1, 0.15) is 5.69 Å². The molecule has 18 heavy (non-hydrogen) atoms. The molecule has 0 aromatic carbocycles. The molecular formula is C13H16BrN3O. The van der Waals surface area contributed by atoms with E-state index in [4.69, 9.17) is 0 Å². The van der Waals surface area contributed by atoms with E-state index in [-0.39, 0.29) is 5.91 Å². The summed E-state index contributed by atoms with van der Waals surface area (Å²) in [6.07, 6.45) is 3.96. The Kier molecular flexibility index (Phi) is 3.11. The molecule has 1 atom stereocenters. The second kappa shape index (κ2) is 4.63. The maximum atomic E-state index is 12.4. The van der Waals surface area contributed by atoms with Crippen LogP contribution in [-0.2, 0) is 0 Å². The van der Waals surface area contributed by atoms with E-state index in [0.29, 0.717) is 11.1 Å². The molecule has 2 aliphatic heterocycles. The van der Waals surface area contributed by atoms with Crippen LogP contribution in [0.2, 0.25) is 0 Å². The van der Waals surface area contributed by atoms with Gasteiger partial charge in [-0.3, -0.25) is 4.79 Å². The molecule has 4 nitrogen and oxygen atoms in total. The first kappa shape index (κ1) is 12.1. The summed E-state index contributed by atoms with van der Waals surface area (Å²) in [6.45, 7) is 3.83. The summed E-state index contributed by atoms with van der Waals surface area (Å²) in [5.41, 5.74) is 0.845. The lowest BCUT2D eigenvalue weighted by molar-refractivity contribution is 0.0769. The van der Waals surface area contributed by atoms with Crippen molar-refractivity contribution in [2.45, 2.75) is 12.8 Å². The fourth-order valence-corrected chi connectivity index (χ4v) is 3.37. The molecule has 3 heterocycles. The molecule has 3 rings (SSSR count). The maximum absolute atomic E-state index is 12.4. The molecule has 1 amide bonds. The molecular weight excluding hydrogens is 294 g/mol. The number of halogens is 1. The van der Waals surface area contributed by atoms with Crippen LogP contribution in [0.1, 0.15) is 23.3 Å². The van der Waals surface area contributed by atoms with Crippen molar-refractivity contribution in [3.63, 3.8) is 0 Å². The Balaban J connectivity index is 1.77. The Morgan fingerprint density at radius 1 is 1.50 bits per heavy atom. The molecule has 1 aromatic rings. The van der Waals surface area contributed by atoms with Gasteiger partial charge in [0.15, 0.2) is 0 Å². The van der Waals surface area contributed by atoms with E-state index in [1.807, 2.05) is 17.0 Å². The number of pyridine rings is 1. The molecule has 1 N–H and O–H groups in total. The molecule has 0 aliphatic carbocycles. The highest BCUT2D eigenvalue weighted by Gasteiger charge is 2.42. The fourth-order valence-electron chi connectivity index (χ4n) is 2.95. The lowest BCUT2D eigenvalue weighted by atomic mass is 9.87. The average Bonchev–Trinajstić information content (AvgIpc) is 3.00. The molecule has 1 aromatic heterocycles. The summed E-state index contributed by atoms with van der Waals surface area (Å²) < 4.78 is 0.778. The van der Waals surface area contributed by atoms with Gasteiger partial charge in [-0.05, 0) is 47.4 Å². The third kappa shape index (κ3) is 2.06. The lowest BCUT2D eigenvalue weighted by Gasteiger charge is -2.22. The summed E-state index contributed by atoms with van der Waals surface area (Å²) in [5, 5.41) is 3.40. The van der Waals surface area contributed by atoms with Crippen LogP contribution in [0.3, 0.4) is 0 Å². The van der Waals surface area contributed by atoms with Crippen LogP contribution >= 0.6 is 15.9 Å². The van der Waals surface area contributed by atoms with Crippen LogP contribution < -0.4 is 5.32 Å². The van der Waals surface area contributed by atoms with E-state index < -0.39 is 0 Å². The Morgan fingerprint density at radius 2 is 2.39 bits per heavy atom. The SMILES string of the molecule is O=C(c1ncccc1Br)N1CCC2(CCNC2)C1. The van der Waals surface area contributed by atoms with Crippen molar-refractivity contribution >= 4 is 21.8 Å². The Hall–Kier alpha value is -0.940. The second-order valence-corrected chi connectivity index (χ2v) is 6.09. The first-order valence-electron chi connectivity index (χ1n) is 6.31. The predicted octanol–water partition coefficient (Wildman–Crippen LogP) is 1.67. The first-order valence-corrected chi connectivity index (χ1v) is 7.10. The molecule has 0 bridgehead atoms. The van der Waals surface area contributed by atoms with E-state index in [2.05, 4.69) is 26.2 Å². The zero-order valence-corrected chi connectivity index (χ0v) is 11.7. The van der Waals surface area contributed by atoms with Crippen LogP contribution in [0.15, 0.2) is 22.8 Å². The van der Waals surface area contributed by atoms with Gasteiger partial charge in [0.05, 0.1) is 0 Å². The van der Waals surface area contributed by atoms with Crippen LogP contribution in [-0.4, -0.2) is 42.0 Å². The van der Waals surface area contributed by atoms with E-state index >= 15 is 0 Å². The zero-order valence-electron chi connectivity index (χ0n) is 10.2. The van der Waals surface area contributed by atoms with Crippen LogP contribution in [0.4, 0.5) is 0 Å². The standard InChI is InChI=1S/C13H16BrN3O/c14-10-2-1-5-16-11(10)12(18)17-7-4-13(9-17)3-6-15-8-13/h1-2,5,15H,3-4,6-9H2. The van der Waals surface area contributed by atoms with E-state index in [1.165, 1.54) is 6.42 Å². The van der Waals surface area contributed by atoms with Crippen LogP contribution in [0.5, 0.6) is 0 Å². The monoisotopic (exact) mass is 309 g/mol. The number of aromatic nitrogens is 1. The number of nitrogens with zero attached hydrogens (tertiary/aromatic N) is 2. The molecule has 2 aliphatic rings. The normalized spacial score (nSPS) is 27.1. The minimum absolute atomic E-state index is 0.0475. The number of hydrogen-bond donors (Lipinski definition) is 1. The summed E-state index contributed by atoms with van der Waals surface area (Å²) in [4.78, 5) is 18.5. The van der Waals surface area contributed by atoms with Crippen molar-refractivity contribution in [3.8, 4) is 0 Å². The Morgan fingerprint density at radius 3 is 3.11 bits per heavy atom. The molecule has 2 saturated heterocycles. The molecule has 1 unspecified atom stereocenters. The number of rotatable bonds is 1. The van der Waals surface area contributed by atoms with Crippen molar-refractivity contribution in [1.82, 2.24) is 15.2 Å². The number of nitrogens with one attached hydrogen (secondary N) is 1. The third-order valence-corrected chi connectivity index (χ3v) is 4.66. The highest BCUT2D eigenvalue weighted by Crippen LogP contribution is 2.36.